The fraction of sp³-hybridized carbons (Fsp3) is 0.200. The second-order valence-corrected chi connectivity index (χ2v) is 7.97. The molecule has 9 nitrogen and oxygen atoms in total. The fourth-order valence-corrected chi connectivity index (χ4v) is 3.91. The number of ether oxygens (including phenoxy) is 3. The van der Waals surface area contributed by atoms with Crippen molar-refractivity contribution in [2.75, 3.05) is 38.1 Å². The Balaban J connectivity index is 1.60. The molecule has 10 heteroatoms. The van der Waals surface area contributed by atoms with Crippen molar-refractivity contribution in [2.24, 2.45) is 4.99 Å². The number of nitrogens with zero attached hydrogens (tertiary/aromatic N) is 3. The number of carbonyl (C=O) groups excluding carboxylic acids is 2. The van der Waals surface area contributed by atoms with Gasteiger partial charge in [-0.05, 0) is 29.8 Å². The van der Waals surface area contributed by atoms with Crippen LogP contribution in [-0.2, 0) is 9.59 Å². The number of nitrogens with one attached hydrogen (secondary N) is 1. The van der Waals surface area contributed by atoms with Gasteiger partial charge in [0.05, 0.1) is 33.5 Å². The molecule has 2 amide bonds. The number of aliphatic imine (C=N–C) groups is 1. The maximum atomic E-state index is 13.3. The van der Waals surface area contributed by atoms with E-state index in [9.17, 15) is 9.59 Å². The number of anilines is 2. The van der Waals surface area contributed by atoms with Gasteiger partial charge in [0.2, 0.25) is 17.6 Å². The molecular weight excluding hydrogens is 472 g/mol. The number of rotatable bonds is 7. The van der Waals surface area contributed by atoms with Crippen molar-refractivity contribution in [1.29, 1.82) is 0 Å². The third kappa shape index (κ3) is 5.20. The Kier molecular flexibility index (Phi) is 7.17. The van der Waals surface area contributed by atoms with Crippen LogP contribution in [0.2, 0.25) is 5.02 Å². The number of hydrogen-bond donors (Lipinski definition) is 1. The van der Waals surface area contributed by atoms with Gasteiger partial charge < -0.3 is 19.5 Å². The summed E-state index contributed by atoms with van der Waals surface area (Å²) < 4.78 is 16.0. The molecule has 0 atom stereocenters. The van der Waals surface area contributed by atoms with Gasteiger partial charge in [-0.15, -0.1) is 0 Å². The zero-order valence-electron chi connectivity index (χ0n) is 19.4. The summed E-state index contributed by atoms with van der Waals surface area (Å²) in [6, 6.07) is 13.8. The molecule has 0 fully saturated rings. The van der Waals surface area contributed by atoms with Crippen LogP contribution in [0.15, 0.2) is 59.7 Å². The van der Waals surface area contributed by atoms with Gasteiger partial charge in [-0.1, -0.05) is 23.7 Å². The molecule has 1 aromatic heterocycles. The lowest BCUT2D eigenvalue weighted by Crippen LogP contribution is -2.39. The highest BCUT2D eigenvalue weighted by molar-refractivity contribution is 6.31. The second-order valence-electron chi connectivity index (χ2n) is 7.53. The van der Waals surface area contributed by atoms with Crippen molar-refractivity contribution in [3.63, 3.8) is 0 Å². The summed E-state index contributed by atoms with van der Waals surface area (Å²) in [6.07, 6.45) is 1.53. The predicted molar refractivity (Wildman–Crippen MR) is 134 cm³/mol. The average Bonchev–Trinajstić information content (AvgIpc) is 2.99. The zero-order chi connectivity index (χ0) is 24.9. The van der Waals surface area contributed by atoms with E-state index in [1.807, 2.05) is 6.07 Å². The number of aromatic nitrogens is 1. The van der Waals surface area contributed by atoms with Crippen LogP contribution in [0, 0.1) is 0 Å². The van der Waals surface area contributed by atoms with Gasteiger partial charge in [-0.2, -0.15) is 0 Å². The molecule has 180 valence electrons. The summed E-state index contributed by atoms with van der Waals surface area (Å²) in [5, 5.41) is 3.32. The smallest absolute Gasteiger partial charge is 0.244 e. The Labute approximate surface area is 207 Å². The highest BCUT2D eigenvalue weighted by atomic mass is 35.5. The molecule has 4 rings (SSSR count). The molecule has 0 bridgehead atoms. The number of amides is 2. The van der Waals surface area contributed by atoms with Crippen molar-refractivity contribution >= 4 is 46.3 Å². The topological polar surface area (TPSA) is 102 Å². The molecule has 0 saturated heterocycles. The molecule has 1 N–H and O–H groups in total. The minimum atomic E-state index is -0.435. The molecule has 0 saturated carbocycles. The first-order valence-corrected chi connectivity index (χ1v) is 11.0. The van der Waals surface area contributed by atoms with Gasteiger partial charge in [-0.3, -0.25) is 14.5 Å². The van der Waals surface area contributed by atoms with Gasteiger partial charge in [0.15, 0.2) is 17.3 Å². The molecule has 3 aromatic rings. The highest BCUT2D eigenvalue weighted by Gasteiger charge is 2.28. The fourth-order valence-electron chi connectivity index (χ4n) is 3.72. The maximum absolute atomic E-state index is 13.3. The molecule has 0 spiro atoms. The number of benzene rings is 2. The SMILES string of the molecule is COc1cc(NC(=O)CN2C(=O)CC(c3cccc(Cl)c3)=Nc3cccnc32)cc(OC)c1OC. The Hall–Kier alpha value is -4.11. The number of halogens is 1. The lowest BCUT2D eigenvalue weighted by Gasteiger charge is -2.21. The summed E-state index contributed by atoms with van der Waals surface area (Å²) in [7, 11) is 4.46. The number of carbonyl (C=O) groups is 2. The molecule has 0 radical (unpaired) electrons. The number of fused-ring (bicyclic) bond motifs is 1. The van der Waals surface area contributed by atoms with Crippen LogP contribution in [0.3, 0.4) is 0 Å². The van der Waals surface area contributed by atoms with E-state index in [2.05, 4.69) is 15.3 Å². The third-order valence-corrected chi connectivity index (χ3v) is 5.54. The normalized spacial score (nSPS) is 12.9. The molecule has 2 heterocycles. The average molecular weight is 495 g/mol. The quantitative estimate of drug-likeness (QED) is 0.526. The first kappa shape index (κ1) is 24.0. The summed E-state index contributed by atoms with van der Waals surface area (Å²) in [5.74, 6) is 0.727. The Morgan fingerprint density at radius 2 is 1.80 bits per heavy atom. The summed E-state index contributed by atoms with van der Waals surface area (Å²) >= 11 is 6.14. The number of methoxy groups -OCH3 is 3. The molecule has 0 aliphatic carbocycles. The minimum Gasteiger partial charge on any atom is -0.493 e. The first-order chi connectivity index (χ1) is 16.9. The summed E-state index contributed by atoms with van der Waals surface area (Å²) in [4.78, 5) is 36.6. The van der Waals surface area contributed by atoms with Crippen LogP contribution < -0.4 is 24.4 Å². The minimum absolute atomic E-state index is 0.0197. The van der Waals surface area contributed by atoms with E-state index < -0.39 is 5.91 Å². The number of pyridine rings is 1. The predicted octanol–water partition coefficient (Wildman–Crippen LogP) is 4.26. The first-order valence-electron chi connectivity index (χ1n) is 10.6. The highest BCUT2D eigenvalue weighted by Crippen LogP contribution is 2.40. The van der Waals surface area contributed by atoms with Gasteiger partial charge in [0.25, 0.3) is 0 Å². The van der Waals surface area contributed by atoms with Gasteiger partial charge in [0, 0.05) is 29.0 Å². The molecule has 2 aromatic carbocycles. The van der Waals surface area contributed by atoms with Crippen molar-refractivity contribution < 1.29 is 23.8 Å². The molecule has 0 unspecified atom stereocenters. The standard InChI is InChI=1S/C25H23ClN4O5/c1-33-20-11-17(12-21(34-2)24(20)35-3)28-22(31)14-30-23(32)13-19(15-6-4-7-16(26)10-15)29-18-8-5-9-27-25(18)30/h4-12H,13-14H2,1-3H3,(H,28,31). The van der Waals surface area contributed by atoms with E-state index in [-0.39, 0.29) is 18.9 Å². The molecular formula is C25H23ClN4O5. The molecule has 1 aliphatic rings. The van der Waals surface area contributed by atoms with Crippen LogP contribution in [-0.4, -0.2) is 50.4 Å². The van der Waals surface area contributed by atoms with E-state index in [0.717, 1.165) is 5.56 Å². The molecule has 35 heavy (non-hydrogen) atoms. The van der Waals surface area contributed by atoms with Crippen LogP contribution >= 0.6 is 11.6 Å². The second kappa shape index (κ2) is 10.4. The van der Waals surface area contributed by atoms with Crippen LogP contribution in [0.4, 0.5) is 17.2 Å². The van der Waals surface area contributed by atoms with E-state index in [4.69, 9.17) is 25.8 Å². The summed E-state index contributed by atoms with van der Waals surface area (Å²) in [5.41, 5.74) is 2.17. The van der Waals surface area contributed by atoms with Crippen LogP contribution in [0.1, 0.15) is 12.0 Å². The number of hydrogen-bond acceptors (Lipinski definition) is 7. The maximum Gasteiger partial charge on any atom is 0.244 e. The lowest BCUT2D eigenvalue weighted by molar-refractivity contribution is -0.120. The van der Waals surface area contributed by atoms with Gasteiger partial charge in [-0.25, -0.2) is 9.98 Å². The Morgan fingerprint density at radius 1 is 1.06 bits per heavy atom. The van der Waals surface area contributed by atoms with Crippen LogP contribution in [0.5, 0.6) is 17.2 Å². The van der Waals surface area contributed by atoms with E-state index >= 15 is 0 Å². The zero-order valence-corrected chi connectivity index (χ0v) is 20.1. The molecule has 1 aliphatic heterocycles. The van der Waals surface area contributed by atoms with Crippen molar-refractivity contribution in [3.05, 3.63) is 65.3 Å². The largest absolute Gasteiger partial charge is 0.493 e. The van der Waals surface area contributed by atoms with Crippen molar-refractivity contribution in [3.8, 4) is 17.2 Å². The van der Waals surface area contributed by atoms with E-state index in [1.54, 1.807) is 48.7 Å². The third-order valence-electron chi connectivity index (χ3n) is 5.30. The van der Waals surface area contributed by atoms with Crippen molar-refractivity contribution in [2.45, 2.75) is 6.42 Å². The Bertz CT molecular complexity index is 1290. The van der Waals surface area contributed by atoms with Gasteiger partial charge in [0.1, 0.15) is 12.2 Å². The van der Waals surface area contributed by atoms with E-state index in [0.29, 0.717) is 45.2 Å². The van der Waals surface area contributed by atoms with E-state index in [1.165, 1.54) is 26.2 Å². The lowest BCUT2D eigenvalue weighted by atomic mass is 10.1. The van der Waals surface area contributed by atoms with Crippen LogP contribution in [0.25, 0.3) is 0 Å². The van der Waals surface area contributed by atoms with Crippen molar-refractivity contribution in [1.82, 2.24) is 4.98 Å². The summed E-state index contributed by atoms with van der Waals surface area (Å²) in [6.45, 7) is -0.266. The monoisotopic (exact) mass is 494 g/mol. The van der Waals surface area contributed by atoms with Gasteiger partial charge >= 0.3 is 0 Å². The Morgan fingerprint density at radius 3 is 2.46 bits per heavy atom.